The average Bonchev–Trinajstić information content (AvgIpc) is 1.27. The van der Waals surface area contributed by atoms with Crippen LogP contribution in [0.2, 0.25) is 0 Å². The smallest absolute Gasteiger partial charge is 1.00 e. The van der Waals surface area contributed by atoms with Gasteiger partial charge in [0, 0.05) is 13.8 Å². The summed E-state index contributed by atoms with van der Waals surface area (Å²) in [4.78, 5) is 19.6. The zero-order valence-electron chi connectivity index (χ0n) is 11.2. The number of carbonyl (C=O) groups is 2. The zero-order valence-corrected chi connectivity index (χ0v) is 13.2. The second-order valence-corrected chi connectivity index (χ2v) is 1.09. The van der Waals surface area contributed by atoms with E-state index in [4.69, 9.17) is 0 Å². The summed E-state index contributed by atoms with van der Waals surface area (Å²) < 4.78 is 3.97. The predicted molar refractivity (Wildman–Crippen MR) is 46.4 cm³/mol. The van der Waals surface area contributed by atoms with Gasteiger partial charge in [-0.1, -0.05) is 0 Å². The fraction of sp³-hybridized carbons (Fsp3) is 0.500. The Balaban J connectivity index is -0.00000000400. The van der Waals surface area contributed by atoms with E-state index in [-0.39, 0.29) is 94.8 Å². The monoisotopic (exact) mass is 258 g/mol. The number of hydrogen-bond acceptors (Lipinski definition) is 3. The molecule has 0 amide bonds. The summed E-state index contributed by atoms with van der Waals surface area (Å²) in [7, 11) is 0. The molecular weight excluding hydrogens is 238 g/mol. The summed E-state index contributed by atoms with van der Waals surface area (Å²) >= 11 is 0. The third kappa shape index (κ3) is 103. The van der Waals surface area contributed by atoms with Crippen molar-refractivity contribution >= 4 is 11.9 Å². The third-order valence-corrected chi connectivity index (χ3v) is 0.287. The van der Waals surface area contributed by atoms with E-state index >= 15 is 0 Å². The van der Waals surface area contributed by atoms with E-state index in [1.54, 1.807) is 0 Å². The van der Waals surface area contributed by atoms with Crippen molar-refractivity contribution in [2.75, 3.05) is 0 Å². The maximum atomic E-state index is 9.81. The Morgan fingerprint density at radius 3 is 0.867 bits per heavy atom. The van der Waals surface area contributed by atoms with Crippen molar-refractivity contribution in [1.29, 1.82) is 0 Å². The molecule has 0 fully saturated rings. The molecule has 11 heteroatoms. The van der Waals surface area contributed by atoms with Crippen molar-refractivity contribution in [2.45, 2.75) is 13.8 Å². The molecule has 0 saturated carbocycles. The zero-order chi connectivity index (χ0) is 5.86. The number of carbonyl (C=O) groups excluding carboxylic acids is 2. The van der Waals surface area contributed by atoms with Crippen LogP contribution in [0.15, 0.2) is 0 Å². The summed E-state index contributed by atoms with van der Waals surface area (Å²) in [5, 5.41) is 0. The van der Waals surface area contributed by atoms with Gasteiger partial charge >= 0.3 is 71.1 Å². The van der Waals surface area contributed by atoms with Gasteiger partial charge in [-0.2, -0.15) is 0 Å². The van der Waals surface area contributed by atoms with Gasteiger partial charge in [-0.25, -0.2) is 0 Å². The van der Waals surface area contributed by atoms with E-state index in [0.717, 1.165) is 0 Å². The Labute approximate surface area is 134 Å². The van der Waals surface area contributed by atoms with E-state index in [9.17, 15) is 9.59 Å². The van der Waals surface area contributed by atoms with Crippen molar-refractivity contribution in [1.82, 2.24) is 0 Å². The largest absolute Gasteiger partial charge is 1.00 e. The Hall–Kier alpha value is 0.900. The van der Waals surface area contributed by atoms with E-state index in [0.29, 0.717) is 0 Å². The van der Waals surface area contributed by atoms with Crippen LogP contribution in [0.3, 0.4) is 0 Å². The minimum Gasteiger partial charge on any atom is -1.00 e. The van der Waals surface area contributed by atoms with Gasteiger partial charge in [0.15, 0.2) is 0 Å². The number of rotatable bonds is 0. The minimum atomic E-state index is -0.562. The third-order valence-electron chi connectivity index (χ3n) is 0.287. The molecule has 0 aromatic heterocycles. The van der Waals surface area contributed by atoms with Gasteiger partial charge in [-0.3, -0.25) is 9.59 Å². The van der Waals surface area contributed by atoms with Crippen molar-refractivity contribution < 1.29 is 109 Å². The molecule has 0 radical (unpaired) electrons. The first-order valence-electron chi connectivity index (χ1n) is 1.82. The molecule has 0 aromatic rings. The van der Waals surface area contributed by atoms with Gasteiger partial charge in [0.1, 0.15) is 0 Å². The molecule has 0 rings (SSSR count). The quantitative estimate of drug-likeness (QED) is 0.234. The molecule has 0 aromatic carbocycles. The summed E-state index contributed by atoms with van der Waals surface area (Å²) in [6.45, 7) is 2.36. The fourth-order valence-corrected chi connectivity index (χ4v) is 0.202. The fourth-order valence-electron chi connectivity index (χ4n) is 0.202. The number of hydrogen-bond donors (Lipinski definition) is 0. The number of ether oxygens (including phenoxy) is 1. The van der Waals surface area contributed by atoms with Crippen LogP contribution in [-0.4, -0.2) is 44.8 Å². The van der Waals surface area contributed by atoms with Crippen molar-refractivity contribution in [3.05, 3.63) is 0 Å². The van der Waals surface area contributed by atoms with Crippen molar-refractivity contribution in [3.8, 4) is 0 Å². The van der Waals surface area contributed by atoms with Gasteiger partial charge < -0.3 is 40.4 Å². The molecule has 92 valence electrons. The molecule has 15 heavy (non-hydrogen) atoms. The summed E-state index contributed by atoms with van der Waals surface area (Å²) in [5.41, 5.74) is 0. The molecule has 12 N–H and O–H groups in total. The molecule has 0 saturated heterocycles. The first kappa shape index (κ1) is 74.1. The summed E-state index contributed by atoms with van der Waals surface area (Å²) in [6, 6.07) is 0. The van der Waals surface area contributed by atoms with E-state index in [2.05, 4.69) is 4.74 Å². The molecule has 0 spiro atoms. The molecule has 0 heterocycles. The summed E-state index contributed by atoms with van der Waals surface area (Å²) in [5.74, 6) is -1.12. The van der Waals surface area contributed by atoms with Crippen LogP contribution in [-0.2, 0) is 14.3 Å². The van der Waals surface area contributed by atoms with Gasteiger partial charge in [0.2, 0.25) is 0 Å². The van der Waals surface area contributed by atoms with Crippen LogP contribution in [0.5, 0.6) is 0 Å². The van der Waals surface area contributed by atoms with Crippen LogP contribution in [0, 0.1) is 0 Å². The molecule has 0 bridgehead atoms. The van der Waals surface area contributed by atoms with Gasteiger partial charge in [-0.05, 0) is 0 Å². The van der Waals surface area contributed by atoms with E-state index < -0.39 is 11.9 Å². The molecule has 0 atom stereocenters. The summed E-state index contributed by atoms with van der Waals surface area (Å²) in [6.07, 6.45) is 0. The topological polar surface area (TPSA) is 232 Å². The molecule has 9 nitrogen and oxygen atoms in total. The first-order chi connectivity index (χ1) is 3.13. The van der Waals surface area contributed by atoms with Crippen LogP contribution in [0.4, 0.5) is 0 Å². The maximum Gasteiger partial charge on any atom is 1.00 e. The van der Waals surface area contributed by atoms with Crippen LogP contribution in [0.1, 0.15) is 16.7 Å². The Morgan fingerprint density at radius 1 is 0.733 bits per heavy atom. The van der Waals surface area contributed by atoms with Crippen molar-refractivity contribution in [3.63, 3.8) is 0 Å². The number of esters is 2. The van der Waals surface area contributed by atoms with E-state index in [1.165, 1.54) is 13.8 Å². The molecular formula is C4H20Na2O9. The second kappa shape index (κ2) is 46.1. The first-order valence-corrected chi connectivity index (χ1v) is 1.82. The van der Waals surface area contributed by atoms with Crippen LogP contribution < -0.4 is 59.1 Å². The second-order valence-electron chi connectivity index (χ2n) is 1.09. The minimum absolute atomic E-state index is 0. The molecule has 0 aliphatic heterocycles. The van der Waals surface area contributed by atoms with Crippen LogP contribution >= 0.6 is 0 Å². The maximum absolute atomic E-state index is 9.81. The SMILES string of the molecule is CC(=O)OC(C)=O.O.O.O.O.O.O.[H-].[H-].[Na+].[Na+]. The van der Waals surface area contributed by atoms with Crippen molar-refractivity contribution in [2.24, 2.45) is 0 Å². The Bertz CT molecular complexity index is 105. The van der Waals surface area contributed by atoms with Crippen LogP contribution in [0.25, 0.3) is 0 Å². The molecule has 0 aliphatic rings. The molecule has 0 aliphatic carbocycles. The molecule has 0 unspecified atom stereocenters. The average molecular weight is 258 g/mol. The Kier molecular flexibility index (Phi) is 228. The van der Waals surface area contributed by atoms with E-state index in [1.807, 2.05) is 0 Å². The van der Waals surface area contributed by atoms with Gasteiger partial charge in [0.05, 0.1) is 0 Å². The van der Waals surface area contributed by atoms with Gasteiger partial charge in [0.25, 0.3) is 0 Å². The normalized spacial score (nSPS) is 3.60. The van der Waals surface area contributed by atoms with Gasteiger partial charge in [-0.15, -0.1) is 0 Å². The standard InChI is InChI=1S/C4H6O3.2Na.6H2O.2H/c1-3(5)7-4(2)6;;;;;;;;;;/h1-2H3;;;6*1H2;;/q;2*+1;;;;;;;2*-1. The Morgan fingerprint density at radius 2 is 0.867 bits per heavy atom. The predicted octanol–water partition coefficient (Wildman–Crippen LogP) is -10.6.